The van der Waals surface area contributed by atoms with E-state index >= 15 is 0 Å². The molecule has 1 saturated heterocycles. The average Bonchev–Trinajstić information content (AvgIpc) is 3.14. The van der Waals surface area contributed by atoms with Gasteiger partial charge in [0.05, 0.1) is 18.1 Å². The van der Waals surface area contributed by atoms with Crippen molar-refractivity contribution in [2.45, 2.75) is 50.6 Å². The van der Waals surface area contributed by atoms with Gasteiger partial charge in [-0.3, -0.25) is 4.79 Å². The molecule has 0 radical (unpaired) electrons. The first kappa shape index (κ1) is 20.7. The summed E-state index contributed by atoms with van der Waals surface area (Å²) in [6, 6.07) is 0. The average molecular weight is 394 g/mol. The van der Waals surface area contributed by atoms with Crippen molar-refractivity contribution in [3.63, 3.8) is 0 Å². The number of allylic oxidation sites excluding steroid dienone is 1. The summed E-state index contributed by atoms with van der Waals surface area (Å²) in [5.74, 6) is -4.04. The molecule has 8 heteroatoms. The van der Waals surface area contributed by atoms with Crippen molar-refractivity contribution in [2.75, 3.05) is 13.7 Å². The van der Waals surface area contributed by atoms with E-state index in [-0.39, 0.29) is 17.8 Å². The van der Waals surface area contributed by atoms with Gasteiger partial charge in [-0.25, -0.2) is 9.59 Å². The topological polar surface area (TPSA) is 119 Å². The number of methoxy groups -OCH3 is 1. The summed E-state index contributed by atoms with van der Waals surface area (Å²) in [6.07, 6.45) is -1.14. The highest BCUT2D eigenvalue weighted by Crippen LogP contribution is 2.52. The second-order valence-electron chi connectivity index (χ2n) is 7.75. The molecule has 0 bridgehead atoms. The van der Waals surface area contributed by atoms with Crippen LogP contribution in [0.15, 0.2) is 23.8 Å². The van der Waals surface area contributed by atoms with Gasteiger partial charge in [0, 0.05) is 30.1 Å². The summed E-state index contributed by atoms with van der Waals surface area (Å²) < 4.78 is 16.5. The lowest BCUT2D eigenvalue weighted by molar-refractivity contribution is -0.161. The SMILES string of the molecule is C=C1C(=O)O[C@H]2[C@H]1[C@H](OC(=O)/C(C)=C\C)[C@@H](OC)C(=O)[C@@H]1CC[C@@](O)(CO)[C@H]21. The predicted molar refractivity (Wildman–Crippen MR) is 95.9 cm³/mol. The molecular formula is C20H26O8. The number of carbonyl (C=O) groups excluding carboxylic acids is 3. The molecule has 3 rings (SSSR count). The van der Waals surface area contributed by atoms with Crippen molar-refractivity contribution in [3.05, 3.63) is 23.8 Å². The summed E-state index contributed by atoms with van der Waals surface area (Å²) >= 11 is 0. The second-order valence-corrected chi connectivity index (χ2v) is 7.75. The van der Waals surface area contributed by atoms with Gasteiger partial charge in [-0.2, -0.15) is 0 Å². The van der Waals surface area contributed by atoms with E-state index < -0.39 is 60.2 Å². The van der Waals surface area contributed by atoms with Gasteiger partial charge in [0.25, 0.3) is 0 Å². The molecule has 1 heterocycles. The maximum atomic E-state index is 13.2. The van der Waals surface area contributed by atoms with E-state index in [1.54, 1.807) is 19.9 Å². The van der Waals surface area contributed by atoms with Crippen molar-refractivity contribution in [1.29, 1.82) is 0 Å². The molecule has 1 aliphatic heterocycles. The highest BCUT2D eigenvalue weighted by atomic mass is 16.6. The number of carbonyl (C=O) groups is 3. The summed E-state index contributed by atoms with van der Waals surface area (Å²) in [4.78, 5) is 37.9. The number of aliphatic hydroxyl groups excluding tert-OH is 1. The number of aliphatic hydroxyl groups is 2. The second kappa shape index (κ2) is 7.42. The largest absolute Gasteiger partial charge is 0.458 e. The van der Waals surface area contributed by atoms with E-state index in [4.69, 9.17) is 14.2 Å². The van der Waals surface area contributed by atoms with Crippen LogP contribution in [0.2, 0.25) is 0 Å². The Morgan fingerprint density at radius 3 is 2.68 bits per heavy atom. The molecule has 0 spiro atoms. The predicted octanol–water partition coefficient (Wildman–Crippen LogP) is 0.309. The first-order valence-corrected chi connectivity index (χ1v) is 9.33. The monoisotopic (exact) mass is 394 g/mol. The Kier molecular flexibility index (Phi) is 5.49. The molecule has 0 unspecified atom stereocenters. The van der Waals surface area contributed by atoms with Gasteiger partial charge in [-0.15, -0.1) is 0 Å². The Morgan fingerprint density at radius 2 is 2.11 bits per heavy atom. The normalized spacial score (nSPS) is 40.6. The van der Waals surface area contributed by atoms with Crippen LogP contribution < -0.4 is 0 Å². The molecule has 2 aliphatic carbocycles. The number of hydrogen-bond donors (Lipinski definition) is 2. The van der Waals surface area contributed by atoms with Crippen LogP contribution in [0.25, 0.3) is 0 Å². The van der Waals surface area contributed by atoms with E-state index in [0.717, 1.165) is 0 Å². The Morgan fingerprint density at radius 1 is 1.43 bits per heavy atom. The van der Waals surface area contributed by atoms with E-state index in [1.807, 2.05) is 0 Å². The van der Waals surface area contributed by atoms with Gasteiger partial charge >= 0.3 is 11.9 Å². The number of esters is 2. The first-order valence-electron chi connectivity index (χ1n) is 9.33. The van der Waals surface area contributed by atoms with Crippen LogP contribution in [0.3, 0.4) is 0 Å². The van der Waals surface area contributed by atoms with Crippen LogP contribution in [0.5, 0.6) is 0 Å². The van der Waals surface area contributed by atoms with Crippen molar-refractivity contribution >= 4 is 17.7 Å². The lowest BCUT2D eigenvalue weighted by Crippen LogP contribution is -2.48. The van der Waals surface area contributed by atoms with Crippen LogP contribution in [0.1, 0.15) is 26.7 Å². The van der Waals surface area contributed by atoms with Crippen LogP contribution in [-0.4, -0.2) is 65.6 Å². The summed E-state index contributed by atoms with van der Waals surface area (Å²) in [5.41, 5.74) is -1.18. The lowest BCUT2D eigenvalue weighted by Gasteiger charge is -2.35. The molecule has 2 saturated carbocycles. The van der Waals surface area contributed by atoms with E-state index in [9.17, 15) is 24.6 Å². The number of fused-ring (bicyclic) bond motifs is 3. The Bertz CT molecular complexity index is 740. The molecule has 0 aromatic heterocycles. The number of hydrogen-bond acceptors (Lipinski definition) is 8. The van der Waals surface area contributed by atoms with Crippen LogP contribution in [0.4, 0.5) is 0 Å². The standard InChI is InChI=1S/C20H26O8/c1-5-9(2)18(23)28-16-12-10(3)19(24)27-15(12)13-11(14(22)17(16)26-4)6-7-20(13,25)8-21/h5,11-13,15-17,21,25H,3,6-8H2,1-2,4H3/b9-5-/t11-,12+,13+,15+,16+,17+,20-/m1/s1. The van der Waals surface area contributed by atoms with Crippen molar-refractivity contribution < 1.29 is 38.8 Å². The molecular weight excluding hydrogens is 368 g/mol. The zero-order valence-electron chi connectivity index (χ0n) is 16.2. The van der Waals surface area contributed by atoms with E-state index in [2.05, 4.69) is 6.58 Å². The molecule has 0 aromatic rings. The maximum Gasteiger partial charge on any atom is 0.334 e. The van der Waals surface area contributed by atoms with E-state index in [1.165, 1.54) is 7.11 Å². The van der Waals surface area contributed by atoms with Crippen LogP contribution in [-0.2, 0) is 28.6 Å². The summed E-state index contributed by atoms with van der Waals surface area (Å²) in [5, 5.41) is 20.7. The van der Waals surface area contributed by atoms with Gasteiger partial charge in [-0.1, -0.05) is 12.7 Å². The van der Waals surface area contributed by atoms with Gasteiger partial charge in [0.1, 0.15) is 12.2 Å². The molecule has 2 N–H and O–H groups in total. The molecule has 0 aromatic carbocycles. The van der Waals surface area contributed by atoms with Gasteiger partial charge < -0.3 is 24.4 Å². The van der Waals surface area contributed by atoms with Crippen molar-refractivity contribution in [2.24, 2.45) is 17.8 Å². The molecule has 3 aliphatic rings. The highest BCUT2D eigenvalue weighted by Gasteiger charge is 2.65. The Balaban J connectivity index is 2.10. The van der Waals surface area contributed by atoms with Crippen molar-refractivity contribution in [1.82, 2.24) is 0 Å². The molecule has 8 nitrogen and oxygen atoms in total. The van der Waals surface area contributed by atoms with Crippen molar-refractivity contribution in [3.8, 4) is 0 Å². The third-order valence-corrected chi connectivity index (χ3v) is 6.38. The van der Waals surface area contributed by atoms with Gasteiger partial charge in [-0.05, 0) is 26.7 Å². The Labute approximate surface area is 163 Å². The minimum absolute atomic E-state index is 0.0589. The van der Waals surface area contributed by atoms with E-state index in [0.29, 0.717) is 12.0 Å². The quantitative estimate of drug-likeness (QED) is 0.516. The summed E-state index contributed by atoms with van der Waals surface area (Å²) in [7, 11) is 1.33. The third kappa shape index (κ3) is 3.00. The molecule has 28 heavy (non-hydrogen) atoms. The minimum atomic E-state index is -1.58. The number of Topliss-reactive ketones (excluding diaryl/α,β-unsaturated/α-hetero) is 1. The number of rotatable bonds is 4. The molecule has 3 fully saturated rings. The van der Waals surface area contributed by atoms with Gasteiger partial charge in [0.2, 0.25) is 0 Å². The zero-order chi connectivity index (χ0) is 20.8. The fraction of sp³-hybridized carbons (Fsp3) is 0.650. The smallest absolute Gasteiger partial charge is 0.334 e. The highest BCUT2D eigenvalue weighted by molar-refractivity contribution is 5.94. The first-order chi connectivity index (χ1) is 13.2. The lowest BCUT2D eigenvalue weighted by atomic mass is 9.77. The maximum absolute atomic E-state index is 13.2. The summed E-state index contributed by atoms with van der Waals surface area (Å²) in [6.45, 7) is 6.45. The van der Waals surface area contributed by atoms with Crippen LogP contribution in [0, 0.1) is 17.8 Å². The van der Waals surface area contributed by atoms with Crippen LogP contribution >= 0.6 is 0 Å². The minimum Gasteiger partial charge on any atom is -0.458 e. The fourth-order valence-electron chi connectivity index (χ4n) is 4.73. The molecule has 7 atom stereocenters. The van der Waals surface area contributed by atoms with Gasteiger partial charge in [0.15, 0.2) is 11.9 Å². The number of ether oxygens (including phenoxy) is 3. The number of ketones is 1. The molecule has 154 valence electrons. The Hall–Kier alpha value is -2.03. The zero-order valence-corrected chi connectivity index (χ0v) is 16.2. The fourth-order valence-corrected chi connectivity index (χ4v) is 4.73. The molecule has 0 amide bonds. The third-order valence-electron chi connectivity index (χ3n) is 6.38.